The van der Waals surface area contributed by atoms with E-state index in [0.717, 1.165) is 23.7 Å². The first-order valence-electron chi connectivity index (χ1n) is 5.99. The third-order valence-corrected chi connectivity index (χ3v) is 3.85. The molecule has 0 aliphatic carbocycles. The van der Waals surface area contributed by atoms with E-state index in [-0.39, 0.29) is 5.54 Å². The summed E-state index contributed by atoms with van der Waals surface area (Å²) < 4.78 is 0. The monoisotopic (exact) mass is 253 g/mol. The number of halogens is 1. The number of likely N-dealkylation sites (tertiary alicyclic amines) is 1. The van der Waals surface area contributed by atoms with Crippen LogP contribution in [0.1, 0.15) is 13.3 Å². The molecule has 0 spiro atoms. The molecule has 94 valence electrons. The molecule has 1 aromatic rings. The summed E-state index contributed by atoms with van der Waals surface area (Å²) in [6, 6.07) is 8.38. The second kappa shape index (κ2) is 4.84. The molecule has 0 saturated carbocycles. The van der Waals surface area contributed by atoms with Crippen molar-refractivity contribution in [3.8, 4) is 0 Å². The molecule has 2 rings (SSSR count). The Labute approximate surface area is 108 Å². The minimum atomic E-state index is -0.0289. The maximum absolute atomic E-state index is 5.99. The van der Waals surface area contributed by atoms with Crippen LogP contribution in [0, 0.1) is 0 Å². The van der Waals surface area contributed by atoms with Gasteiger partial charge in [0.15, 0.2) is 0 Å². The van der Waals surface area contributed by atoms with Gasteiger partial charge in [-0.05, 0) is 38.6 Å². The Morgan fingerprint density at radius 2 is 2.35 bits per heavy atom. The van der Waals surface area contributed by atoms with Gasteiger partial charge in [-0.3, -0.25) is 0 Å². The largest absolute Gasteiger partial charge is 0.377 e. The number of hydrogen-bond donors (Lipinski definition) is 2. The van der Waals surface area contributed by atoms with E-state index in [1.165, 1.54) is 0 Å². The van der Waals surface area contributed by atoms with Gasteiger partial charge in [-0.25, -0.2) is 0 Å². The topological polar surface area (TPSA) is 41.3 Å². The Balaban J connectivity index is 2.16. The molecule has 0 amide bonds. The molecule has 3 nitrogen and oxygen atoms in total. The number of anilines is 1. The Morgan fingerprint density at radius 1 is 1.59 bits per heavy atom. The number of likely N-dealkylation sites (N-methyl/N-ethyl adjacent to an activating group) is 1. The number of benzene rings is 1. The van der Waals surface area contributed by atoms with E-state index in [1.807, 2.05) is 24.3 Å². The Kier molecular flexibility index (Phi) is 3.61. The summed E-state index contributed by atoms with van der Waals surface area (Å²) in [5, 5.41) is 4.31. The molecule has 0 aromatic heterocycles. The molecule has 2 unspecified atom stereocenters. The van der Waals surface area contributed by atoms with Crippen LogP contribution in [0.25, 0.3) is 0 Å². The van der Waals surface area contributed by atoms with Gasteiger partial charge in [0.2, 0.25) is 0 Å². The molecular weight excluding hydrogens is 234 g/mol. The van der Waals surface area contributed by atoms with E-state index >= 15 is 0 Å². The zero-order valence-corrected chi connectivity index (χ0v) is 11.2. The molecular formula is C13H20ClN3. The highest BCUT2D eigenvalue weighted by molar-refractivity contribution is 6.30. The van der Waals surface area contributed by atoms with Crippen molar-refractivity contribution in [3.63, 3.8) is 0 Å². The summed E-state index contributed by atoms with van der Waals surface area (Å²) in [7, 11) is 2.14. The molecule has 1 aromatic carbocycles. The van der Waals surface area contributed by atoms with E-state index in [9.17, 15) is 0 Å². The predicted molar refractivity (Wildman–Crippen MR) is 73.6 cm³/mol. The van der Waals surface area contributed by atoms with Crippen molar-refractivity contribution < 1.29 is 0 Å². The van der Waals surface area contributed by atoms with Gasteiger partial charge in [0.25, 0.3) is 0 Å². The summed E-state index contributed by atoms with van der Waals surface area (Å²) >= 11 is 5.99. The first-order chi connectivity index (χ1) is 8.04. The third-order valence-electron chi connectivity index (χ3n) is 3.62. The minimum absolute atomic E-state index is 0.0289. The van der Waals surface area contributed by atoms with Gasteiger partial charge in [-0.15, -0.1) is 0 Å². The van der Waals surface area contributed by atoms with Crippen LogP contribution >= 0.6 is 11.6 Å². The predicted octanol–water partition coefficient (Wildman–Crippen LogP) is 2.17. The highest BCUT2D eigenvalue weighted by Gasteiger charge is 2.39. The van der Waals surface area contributed by atoms with Crippen molar-refractivity contribution >= 4 is 17.3 Å². The van der Waals surface area contributed by atoms with E-state index in [4.69, 9.17) is 17.3 Å². The summed E-state index contributed by atoms with van der Waals surface area (Å²) in [6.45, 7) is 3.84. The second-order valence-electron chi connectivity index (χ2n) is 5.09. The molecule has 17 heavy (non-hydrogen) atoms. The third kappa shape index (κ3) is 2.73. The average Bonchev–Trinajstić information content (AvgIpc) is 2.55. The van der Waals surface area contributed by atoms with Gasteiger partial charge < -0.3 is 16.0 Å². The van der Waals surface area contributed by atoms with Crippen molar-refractivity contribution in [1.82, 2.24) is 4.90 Å². The van der Waals surface area contributed by atoms with Crippen molar-refractivity contribution in [2.45, 2.75) is 24.9 Å². The maximum atomic E-state index is 5.99. The molecule has 1 heterocycles. The van der Waals surface area contributed by atoms with Gasteiger partial charge >= 0.3 is 0 Å². The average molecular weight is 254 g/mol. The van der Waals surface area contributed by atoms with Crippen LogP contribution in [-0.2, 0) is 0 Å². The minimum Gasteiger partial charge on any atom is -0.377 e. The molecule has 0 bridgehead atoms. The smallest absolute Gasteiger partial charge is 0.0636 e. The van der Waals surface area contributed by atoms with Crippen LogP contribution in [-0.4, -0.2) is 36.6 Å². The van der Waals surface area contributed by atoms with Crippen molar-refractivity contribution in [1.29, 1.82) is 0 Å². The van der Waals surface area contributed by atoms with Crippen molar-refractivity contribution in [3.05, 3.63) is 29.3 Å². The molecule has 1 fully saturated rings. The summed E-state index contributed by atoms with van der Waals surface area (Å²) in [4.78, 5) is 2.34. The lowest BCUT2D eigenvalue weighted by atomic mass is 9.96. The van der Waals surface area contributed by atoms with Crippen molar-refractivity contribution in [2.24, 2.45) is 5.73 Å². The van der Waals surface area contributed by atoms with Crippen LogP contribution in [0.2, 0.25) is 5.02 Å². The number of rotatable bonds is 3. The molecule has 3 N–H and O–H groups in total. The molecule has 1 aliphatic rings. The Morgan fingerprint density at radius 3 is 2.88 bits per heavy atom. The zero-order valence-electron chi connectivity index (χ0n) is 10.4. The lowest BCUT2D eigenvalue weighted by Crippen LogP contribution is -2.47. The number of nitrogens with one attached hydrogen (secondary N) is 1. The van der Waals surface area contributed by atoms with Crippen LogP contribution in [0.4, 0.5) is 5.69 Å². The van der Waals surface area contributed by atoms with Gasteiger partial charge in [0.1, 0.15) is 0 Å². The fourth-order valence-electron chi connectivity index (χ4n) is 2.58. The fraction of sp³-hybridized carbons (Fsp3) is 0.538. The number of nitrogens with zero attached hydrogens (tertiary/aromatic N) is 1. The SMILES string of the molecule is CC1CC(CN)(Nc2cccc(Cl)c2)CN1C. The van der Waals surface area contributed by atoms with E-state index < -0.39 is 0 Å². The second-order valence-corrected chi connectivity index (χ2v) is 5.52. The van der Waals surface area contributed by atoms with E-state index in [1.54, 1.807) is 0 Å². The first kappa shape index (κ1) is 12.7. The van der Waals surface area contributed by atoms with Gasteiger partial charge in [-0.1, -0.05) is 17.7 Å². The van der Waals surface area contributed by atoms with Gasteiger partial charge in [0, 0.05) is 29.8 Å². The van der Waals surface area contributed by atoms with Crippen LogP contribution in [0.3, 0.4) is 0 Å². The van der Waals surface area contributed by atoms with Crippen LogP contribution in [0.5, 0.6) is 0 Å². The number of hydrogen-bond acceptors (Lipinski definition) is 3. The maximum Gasteiger partial charge on any atom is 0.0636 e. The zero-order chi connectivity index (χ0) is 12.5. The highest BCUT2D eigenvalue weighted by Crippen LogP contribution is 2.29. The highest BCUT2D eigenvalue weighted by atomic mass is 35.5. The first-order valence-corrected chi connectivity index (χ1v) is 6.36. The van der Waals surface area contributed by atoms with Gasteiger partial charge in [0.05, 0.1) is 5.54 Å². The van der Waals surface area contributed by atoms with Gasteiger partial charge in [-0.2, -0.15) is 0 Å². The lowest BCUT2D eigenvalue weighted by molar-refractivity contribution is 0.323. The molecule has 2 atom stereocenters. The van der Waals surface area contributed by atoms with E-state index in [0.29, 0.717) is 12.6 Å². The van der Waals surface area contributed by atoms with Crippen molar-refractivity contribution in [2.75, 3.05) is 25.5 Å². The summed E-state index contributed by atoms with van der Waals surface area (Å²) in [6.07, 6.45) is 1.06. The normalized spacial score (nSPS) is 29.5. The summed E-state index contributed by atoms with van der Waals surface area (Å²) in [5.74, 6) is 0. The quantitative estimate of drug-likeness (QED) is 0.868. The molecule has 4 heteroatoms. The summed E-state index contributed by atoms with van der Waals surface area (Å²) in [5.41, 5.74) is 6.97. The molecule has 1 aliphatic heterocycles. The lowest BCUT2D eigenvalue weighted by Gasteiger charge is -2.30. The number of nitrogens with two attached hydrogens (primary N) is 1. The Hall–Kier alpha value is -0.770. The molecule has 0 radical (unpaired) electrons. The molecule has 1 saturated heterocycles. The standard InChI is InChI=1S/C13H20ClN3/c1-10-7-13(8-15,9-17(10)2)16-12-5-3-4-11(14)6-12/h3-6,10,16H,7-9,15H2,1-2H3. The Bertz CT molecular complexity index is 384. The van der Waals surface area contributed by atoms with Crippen LogP contribution in [0.15, 0.2) is 24.3 Å². The van der Waals surface area contributed by atoms with Crippen LogP contribution < -0.4 is 11.1 Å². The van der Waals surface area contributed by atoms with E-state index in [2.05, 4.69) is 24.2 Å². The fourth-order valence-corrected chi connectivity index (χ4v) is 2.77.